The van der Waals surface area contributed by atoms with Crippen LogP contribution in [0, 0.1) is 6.92 Å². The van der Waals surface area contributed by atoms with Gasteiger partial charge in [0.05, 0.1) is 16.9 Å². The summed E-state index contributed by atoms with van der Waals surface area (Å²) in [7, 11) is 0. The summed E-state index contributed by atoms with van der Waals surface area (Å²) in [6.45, 7) is 1.82. The van der Waals surface area contributed by atoms with Crippen molar-refractivity contribution in [3.05, 3.63) is 53.6 Å². The largest absolute Gasteiger partial charge is 0.508 e. The van der Waals surface area contributed by atoms with Crippen LogP contribution in [0.5, 0.6) is 5.75 Å². The number of carboxylic acids is 1. The van der Waals surface area contributed by atoms with Crippen molar-refractivity contribution in [1.29, 1.82) is 0 Å². The van der Waals surface area contributed by atoms with Crippen LogP contribution in [0.25, 0.3) is 0 Å². The summed E-state index contributed by atoms with van der Waals surface area (Å²) in [5, 5.41) is 26.1. The fourth-order valence-electron chi connectivity index (χ4n) is 1.53. The Labute approximate surface area is 109 Å². The third kappa shape index (κ3) is 3.16. The van der Waals surface area contributed by atoms with Crippen LogP contribution in [-0.4, -0.2) is 16.2 Å². The van der Waals surface area contributed by atoms with Gasteiger partial charge < -0.3 is 10.2 Å². The number of hydrogen-bond acceptors (Lipinski definition) is 4. The number of carbonyl (C=O) groups is 1. The van der Waals surface area contributed by atoms with Crippen LogP contribution in [0.3, 0.4) is 0 Å². The number of azo groups is 1. The summed E-state index contributed by atoms with van der Waals surface area (Å²) < 4.78 is 0. The van der Waals surface area contributed by atoms with Crippen LogP contribution in [0.2, 0.25) is 0 Å². The molecule has 0 bridgehead atoms. The number of aromatic carboxylic acids is 1. The first-order chi connectivity index (χ1) is 9.06. The van der Waals surface area contributed by atoms with E-state index in [-0.39, 0.29) is 11.3 Å². The Morgan fingerprint density at radius 3 is 2.32 bits per heavy atom. The molecule has 5 heteroatoms. The van der Waals surface area contributed by atoms with E-state index in [0.717, 1.165) is 5.56 Å². The standard InChI is InChI=1S/C14H12N2O3/c1-9-8-12(17)6-7-13(9)16-15-11-4-2-10(3-5-11)14(18)19/h2-8,17H,1H3,(H,18,19). The summed E-state index contributed by atoms with van der Waals surface area (Å²) in [6.07, 6.45) is 0. The molecule has 19 heavy (non-hydrogen) atoms. The Kier molecular flexibility index (Phi) is 3.56. The van der Waals surface area contributed by atoms with E-state index in [1.165, 1.54) is 18.2 Å². The minimum absolute atomic E-state index is 0.183. The molecule has 0 aromatic heterocycles. The predicted octanol–water partition coefficient (Wildman–Crippen LogP) is 3.81. The molecular weight excluding hydrogens is 244 g/mol. The molecule has 5 nitrogen and oxygen atoms in total. The van der Waals surface area contributed by atoms with Crippen LogP contribution in [0.15, 0.2) is 52.7 Å². The lowest BCUT2D eigenvalue weighted by Crippen LogP contribution is -1.93. The van der Waals surface area contributed by atoms with Gasteiger partial charge in [0.1, 0.15) is 5.75 Å². The maximum absolute atomic E-state index is 10.7. The molecule has 0 radical (unpaired) electrons. The van der Waals surface area contributed by atoms with E-state index in [0.29, 0.717) is 11.4 Å². The van der Waals surface area contributed by atoms with E-state index < -0.39 is 5.97 Å². The van der Waals surface area contributed by atoms with Crippen molar-refractivity contribution in [3.63, 3.8) is 0 Å². The maximum atomic E-state index is 10.7. The number of carboxylic acid groups (broad SMARTS) is 1. The molecule has 2 rings (SSSR count). The van der Waals surface area contributed by atoms with E-state index in [9.17, 15) is 9.90 Å². The van der Waals surface area contributed by atoms with Gasteiger partial charge in [-0.25, -0.2) is 4.79 Å². The lowest BCUT2D eigenvalue weighted by Gasteiger charge is -1.99. The Bertz CT molecular complexity index is 634. The van der Waals surface area contributed by atoms with Gasteiger partial charge in [0.25, 0.3) is 0 Å². The van der Waals surface area contributed by atoms with Gasteiger partial charge in [-0.3, -0.25) is 0 Å². The minimum Gasteiger partial charge on any atom is -0.508 e. The summed E-state index contributed by atoms with van der Waals surface area (Å²) in [5.74, 6) is -0.792. The summed E-state index contributed by atoms with van der Waals surface area (Å²) in [6, 6.07) is 10.9. The first-order valence-electron chi connectivity index (χ1n) is 5.61. The molecule has 0 aliphatic carbocycles. The number of rotatable bonds is 3. The molecule has 0 saturated heterocycles. The molecule has 0 aliphatic heterocycles. The summed E-state index contributed by atoms with van der Waals surface area (Å²) in [5.41, 5.74) is 2.24. The fourth-order valence-corrected chi connectivity index (χ4v) is 1.53. The third-order valence-corrected chi connectivity index (χ3v) is 2.57. The van der Waals surface area contributed by atoms with Crippen molar-refractivity contribution >= 4 is 17.3 Å². The molecule has 0 heterocycles. The summed E-state index contributed by atoms with van der Waals surface area (Å²) >= 11 is 0. The van der Waals surface area contributed by atoms with Crippen molar-refractivity contribution in [1.82, 2.24) is 0 Å². The lowest BCUT2D eigenvalue weighted by atomic mass is 10.2. The number of aryl methyl sites for hydroxylation is 1. The topological polar surface area (TPSA) is 82.2 Å². The first-order valence-corrected chi connectivity index (χ1v) is 5.61. The SMILES string of the molecule is Cc1cc(O)ccc1N=Nc1ccc(C(=O)O)cc1. The monoisotopic (exact) mass is 256 g/mol. The zero-order chi connectivity index (χ0) is 13.8. The van der Waals surface area contributed by atoms with Crippen molar-refractivity contribution in [2.75, 3.05) is 0 Å². The molecule has 0 amide bonds. The third-order valence-electron chi connectivity index (χ3n) is 2.57. The van der Waals surface area contributed by atoms with Gasteiger partial charge in [-0.15, -0.1) is 0 Å². The normalized spacial score (nSPS) is 10.8. The van der Waals surface area contributed by atoms with Gasteiger partial charge in [0.2, 0.25) is 0 Å². The average Bonchev–Trinajstić information content (AvgIpc) is 2.38. The maximum Gasteiger partial charge on any atom is 0.335 e. The van der Waals surface area contributed by atoms with Crippen LogP contribution >= 0.6 is 0 Å². The van der Waals surface area contributed by atoms with Crippen molar-refractivity contribution in [3.8, 4) is 5.75 Å². The number of aromatic hydroxyl groups is 1. The van der Waals surface area contributed by atoms with Crippen LogP contribution in [0.1, 0.15) is 15.9 Å². The van der Waals surface area contributed by atoms with E-state index in [1.807, 2.05) is 6.92 Å². The van der Waals surface area contributed by atoms with Gasteiger partial charge in [0.15, 0.2) is 0 Å². The Balaban J connectivity index is 2.20. The van der Waals surface area contributed by atoms with Gasteiger partial charge in [-0.05, 0) is 55.0 Å². The fraction of sp³-hybridized carbons (Fsp3) is 0.0714. The van der Waals surface area contributed by atoms with Crippen LogP contribution in [0.4, 0.5) is 11.4 Å². The van der Waals surface area contributed by atoms with Crippen LogP contribution < -0.4 is 0 Å². The van der Waals surface area contributed by atoms with E-state index in [2.05, 4.69) is 10.2 Å². The first kappa shape index (κ1) is 12.8. The highest BCUT2D eigenvalue weighted by molar-refractivity contribution is 5.87. The smallest absolute Gasteiger partial charge is 0.335 e. The minimum atomic E-state index is -0.974. The van der Waals surface area contributed by atoms with Crippen LogP contribution in [-0.2, 0) is 0 Å². The van der Waals surface area contributed by atoms with E-state index in [4.69, 9.17) is 5.11 Å². The number of phenols is 1. The molecule has 2 aromatic carbocycles. The number of nitrogens with zero attached hydrogens (tertiary/aromatic N) is 2. The highest BCUT2D eigenvalue weighted by Crippen LogP contribution is 2.25. The van der Waals surface area contributed by atoms with Crippen molar-refractivity contribution < 1.29 is 15.0 Å². The zero-order valence-corrected chi connectivity index (χ0v) is 10.2. The molecule has 0 aliphatic rings. The molecular formula is C14H12N2O3. The highest BCUT2D eigenvalue weighted by atomic mass is 16.4. The second kappa shape index (κ2) is 5.30. The molecule has 2 aromatic rings. The zero-order valence-electron chi connectivity index (χ0n) is 10.2. The second-order valence-corrected chi connectivity index (χ2v) is 4.02. The van der Waals surface area contributed by atoms with Gasteiger partial charge in [-0.1, -0.05) is 0 Å². The van der Waals surface area contributed by atoms with Gasteiger partial charge in [0, 0.05) is 0 Å². The Morgan fingerprint density at radius 2 is 1.74 bits per heavy atom. The van der Waals surface area contributed by atoms with Gasteiger partial charge in [-0.2, -0.15) is 10.2 Å². The Morgan fingerprint density at radius 1 is 1.05 bits per heavy atom. The number of phenolic OH excluding ortho intramolecular Hbond substituents is 1. The van der Waals surface area contributed by atoms with Crippen molar-refractivity contribution in [2.24, 2.45) is 10.2 Å². The highest BCUT2D eigenvalue weighted by Gasteiger charge is 2.01. The Hall–Kier alpha value is -2.69. The molecule has 96 valence electrons. The second-order valence-electron chi connectivity index (χ2n) is 4.02. The number of hydrogen-bond donors (Lipinski definition) is 2. The van der Waals surface area contributed by atoms with E-state index in [1.54, 1.807) is 24.3 Å². The molecule has 0 atom stereocenters. The molecule has 0 unspecified atom stereocenters. The molecule has 2 N–H and O–H groups in total. The predicted molar refractivity (Wildman–Crippen MR) is 70.4 cm³/mol. The average molecular weight is 256 g/mol. The molecule has 0 fully saturated rings. The summed E-state index contributed by atoms with van der Waals surface area (Å²) in [4.78, 5) is 10.7. The molecule has 0 spiro atoms. The number of benzene rings is 2. The van der Waals surface area contributed by atoms with E-state index >= 15 is 0 Å². The quantitative estimate of drug-likeness (QED) is 0.819. The van der Waals surface area contributed by atoms with Crippen molar-refractivity contribution in [2.45, 2.75) is 6.92 Å². The molecule has 0 saturated carbocycles. The lowest BCUT2D eigenvalue weighted by molar-refractivity contribution is 0.0697. The van der Waals surface area contributed by atoms with Gasteiger partial charge >= 0.3 is 5.97 Å².